The Kier molecular flexibility index (Phi) is 6.88. The quantitative estimate of drug-likeness (QED) is 0.690. The number of thioether (sulfide) groups is 1. The maximum Gasteiger partial charge on any atom is 0.230 e. The van der Waals surface area contributed by atoms with E-state index in [-0.39, 0.29) is 5.91 Å². The number of carbonyl (C=O) groups is 1. The molecule has 0 unspecified atom stereocenters. The van der Waals surface area contributed by atoms with Crippen LogP contribution in [0.2, 0.25) is 5.02 Å². The first-order valence-electron chi connectivity index (χ1n) is 9.54. The molecule has 27 heavy (non-hydrogen) atoms. The van der Waals surface area contributed by atoms with Crippen LogP contribution in [0.4, 0.5) is 0 Å². The second-order valence-corrected chi connectivity index (χ2v) is 8.83. The number of oxazole rings is 1. The molecular formula is C21H27ClN2O2S. The van der Waals surface area contributed by atoms with Gasteiger partial charge >= 0.3 is 0 Å². The van der Waals surface area contributed by atoms with Gasteiger partial charge in [-0.2, -0.15) is 0 Å². The molecule has 1 amide bonds. The Balaban J connectivity index is 1.52. The van der Waals surface area contributed by atoms with E-state index in [1.54, 1.807) is 11.8 Å². The fourth-order valence-corrected chi connectivity index (χ4v) is 4.63. The highest BCUT2D eigenvalue weighted by Gasteiger charge is 2.28. The minimum atomic E-state index is 0.110. The number of halogens is 1. The number of aryl methyl sites for hydroxylation is 1. The van der Waals surface area contributed by atoms with Crippen molar-refractivity contribution in [2.24, 2.45) is 11.8 Å². The average molecular weight is 407 g/mol. The molecule has 3 atom stereocenters. The van der Waals surface area contributed by atoms with Crippen LogP contribution in [0.5, 0.6) is 0 Å². The zero-order valence-corrected chi connectivity index (χ0v) is 17.7. The van der Waals surface area contributed by atoms with Gasteiger partial charge in [0.15, 0.2) is 0 Å². The predicted octanol–water partition coefficient (Wildman–Crippen LogP) is 5.48. The fourth-order valence-electron chi connectivity index (χ4n) is 3.59. The minimum Gasteiger partial charge on any atom is -0.441 e. The maximum absolute atomic E-state index is 12.3. The molecule has 1 N–H and O–H groups in total. The lowest BCUT2D eigenvalue weighted by Gasteiger charge is -2.34. The molecule has 146 valence electrons. The van der Waals surface area contributed by atoms with Crippen molar-refractivity contribution in [3.8, 4) is 11.5 Å². The predicted molar refractivity (Wildman–Crippen MR) is 112 cm³/mol. The van der Waals surface area contributed by atoms with E-state index in [1.807, 2.05) is 31.2 Å². The van der Waals surface area contributed by atoms with E-state index < -0.39 is 0 Å². The van der Waals surface area contributed by atoms with Gasteiger partial charge in [-0.25, -0.2) is 4.98 Å². The van der Waals surface area contributed by atoms with Crippen molar-refractivity contribution in [2.45, 2.75) is 51.8 Å². The van der Waals surface area contributed by atoms with Gasteiger partial charge in [0, 0.05) is 11.8 Å². The summed E-state index contributed by atoms with van der Waals surface area (Å²) in [6.45, 7) is 6.42. The van der Waals surface area contributed by atoms with E-state index in [2.05, 4.69) is 24.1 Å². The number of nitrogens with zero attached hydrogens (tertiary/aromatic N) is 1. The van der Waals surface area contributed by atoms with Crippen molar-refractivity contribution in [3.63, 3.8) is 0 Å². The van der Waals surface area contributed by atoms with Gasteiger partial charge in [-0.15, -0.1) is 11.8 Å². The standard InChI is InChI=1S/C21H27ClN2O2S/c1-13-7-6-10-18(14(13)2)23-20(25)12-27-11-19-15(3)26-21(24-19)16-8-4-5-9-17(16)22/h4-5,8-9,13-14,18H,6-7,10-12H2,1-3H3,(H,23,25)/t13-,14-,18-/m1/s1. The van der Waals surface area contributed by atoms with Crippen molar-refractivity contribution in [3.05, 3.63) is 40.7 Å². The summed E-state index contributed by atoms with van der Waals surface area (Å²) in [4.78, 5) is 16.9. The number of rotatable bonds is 6. The number of aromatic nitrogens is 1. The number of amides is 1. The van der Waals surface area contributed by atoms with Gasteiger partial charge in [-0.05, 0) is 37.3 Å². The summed E-state index contributed by atoms with van der Waals surface area (Å²) in [5.74, 6) is 3.71. The molecule has 1 fully saturated rings. The summed E-state index contributed by atoms with van der Waals surface area (Å²) in [5, 5.41) is 3.84. The van der Waals surface area contributed by atoms with Gasteiger partial charge in [0.2, 0.25) is 11.8 Å². The zero-order chi connectivity index (χ0) is 19.4. The highest BCUT2D eigenvalue weighted by atomic mass is 35.5. The Morgan fingerprint density at radius 2 is 2.11 bits per heavy atom. The Labute approximate surface area is 170 Å². The topological polar surface area (TPSA) is 55.1 Å². The molecule has 0 saturated heterocycles. The van der Waals surface area contributed by atoms with Crippen molar-refractivity contribution in [1.82, 2.24) is 10.3 Å². The summed E-state index contributed by atoms with van der Waals surface area (Å²) in [7, 11) is 0. The van der Waals surface area contributed by atoms with Crippen molar-refractivity contribution in [1.29, 1.82) is 0 Å². The molecule has 3 rings (SSSR count). The molecule has 1 heterocycles. The smallest absolute Gasteiger partial charge is 0.230 e. The van der Waals surface area contributed by atoms with Crippen molar-refractivity contribution in [2.75, 3.05) is 5.75 Å². The molecular weight excluding hydrogens is 380 g/mol. The van der Waals surface area contributed by atoms with Crippen LogP contribution in [0.1, 0.15) is 44.6 Å². The maximum atomic E-state index is 12.3. The van der Waals surface area contributed by atoms with E-state index in [1.165, 1.54) is 12.8 Å². The first-order chi connectivity index (χ1) is 13.0. The normalized spacial score (nSPS) is 22.6. The SMILES string of the molecule is Cc1oc(-c2ccccc2Cl)nc1CSCC(=O)N[C@@H]1CCC[C@@H](C)[C@H]1C. The molecule has 1 aromatic heterocycles. The van der Waals surface area contributed by atoms with Crippen LogP contribution in [0.3, 0.4) is 0 Å². The van der Waals surface area contributed by atoms with Crippen LogP contribution in [-0.2, 0) is 10.5 Å². The first-order valence-corrected chi connectivity index (χ1v) is 11.1. The second kappa shape index (κ2) is 9.16. The number of benzene rings is 1. The third-order valence-corrected chi connectivity index (χ3v) is 6.80. The molecule has 4 nitrogen and oxygen atoms in total. The Hall–Kier alpha value is -1.46. The van der Waals surface area contributed by atoms with E-state index in [9.17, 15) is 4.79 Å². The van der Waals surface area contributed by atoms with Gasteiger partial charge in [0.1, 0.15) is 5.76 Å². The Morgan fingerprint density at radius 1 is 1.33 bits per heavy atom. The number of hydrogen-bond acceptors (Lipinski definition) is 4. The van der Waals surface area contributed by atoms with Crippen molar-refractivity contribution < 1.29 is 9.21 Å². The highest BCUT2D eigenvalue weighted by Crippen LogP contribution is 2.30. The third-order valence-electron chi connectivity index (χ3n) is 5.52. The summed E-state index contributed by atoms with van der Waals surface area (Å²) >= 11 is 7.79. The molecule has 6 heteroatoms. The fraction of sp³-hybridized carbons (Fsp3) is 0.524. The molecule has 0 spiro atoms. The average Bonchev–Trinajstić information content (AvgIpc) is 3.00. The summed E-state index contributed by atoms with van der Waals surface area (Å²) in [6, 6.07) is 7.81. The van der Waals surface area contributed by atoms with E-state index in [4.69, 9.17) is 16.0 Å². The van der Waals surface area contributed by atoms with E-state index in [0.29, 0.717) is 40.3 Å². The first kappa shape index (κ1) is 20.3. The lowest BCUT2D eigenvalue weighted by Crippen LogP contribution is -2.44. The summed E-state index contributed by atoms with van der Waals surface area (Å²) in [6.07, 6.45) is 3.56. The van der Waals surface area contributed by atoms with Crippen LogP contribution in [0.15, 0.2) is 28.7 Å². The van der Waals surface area contributed by atoms with Gasteiger partial charge in [0.05, 0.1) is 22.0 Å². The van der Waals surface area contributed by atoms with Gasteiger partial charge in [-0.3, -0.25) is 4.79 Å². The van der Waals surface area contributed by atoms with Crippen LogP contribution in [0, 0.1) is 18.8 Å². The molecule has 0 aliphatic heterocycles. The number of nitrogens with one attached hydrogen (secondary N) is 1. The molecule has 1 aliphatic rings. The second-order valence-electron chi connectivity index (χ2n) is 7.44. The van der Waals surface area contributed by atoms with E-state index in [0.717, 1.165) is 23.4 Å². The Morgan fingerprint density at radius 3 is 2.89 bits per heavy atom. The zero-order valence-electron chi connectivity index (χ0n) is 16.1. The molecule has 1 aliphatic carbocycles. The molecule has 0 bridgehead atoms. The van der Waals surface area contributed by atoms with Gasteiger partial charge in [0.25, 0.3) is 0 Å². The van der Waals surface area contributed by atoms with Crippen LogP contribution in [0.25, 0.3) is 11.5 Å². The van der Waals surface area contributed by atoms with Crippen LogP contribution < -0.4 is 5.32 Å². The lowest BCUT2D eigenvalue weighted by molar-refractivity contribution is -0.119. The molecule has 0 radical (unpaired) electrons. The van der Waals surface area contributed by atoms with Crippen LogP contribution >= 0.6 is 23.4 Å². The third kappa shape index (κ3) is 5.08. The largest absolute Gasteiger partial charge is 0.441 e. The monoisotopic (exact) mass is 406 g/mol. The van der Waals surface area contributed by atoms with E-state index >= 15 is 0 Å². The highest BCUT2D eigenvalue weighted by molar-refractivity contribution is 7.99. The molecule has 2 aromatic rings. The van der Waals surface area contributed by atoms with Gasteiger partial charge in [-0.1, -0.05) is 50.4 Å². The van der Waals surface area contributed by atoms with Crippen molar-refractivity contribution >= 4 is 29.3 Å². The van der Waals surface area contributed by atoms with Gasteiger partial charge < -0.3 is 9.73 Å². The summed E-state index contributed by atoms with van der Waals surface area (Å²) < 4.78 is 5.78. The Bertz CT molecular complexity index is 792. The molecule has 1 saturated carbocycles. The molecule has 1 aromatic carbocycles. The number of hydrogen-bond donors (Lipinski definition) is 1. The lowest BCUT2D eigenvalue weighted by atomic mass is 9.78. The van der Waals surface area contributed by atoms with Crippen LogP contribution in [-0.4, -0.2) is 22.7 Å². The summed E-state index contributed by atoms with van der Waals surface area (Å²) in [5.41, 5.74) is 1.65. The minimum absolute atomic E-state index is 0.110. The number of carbonyl (C=O) groups excluding carboxylic acids is 1.